The van der Waals surface area contributed by atoms with Gasteiger partial charge in [-0.3, -0.25) is 4.79 Å². The van der Waals surface area contributed by atoms with E-state index in [-0.39, 0.29) is 23.8 Å². The molecular formula is C18H27N3O. The van der Waals surface area contributed by atoms with Crippen LogP contribution in [-0.4, -0.2) is 18.0 Å². The molecule has 0 radical (unpaired) electrons. The van der Waals surface area contributed by atoms with E-state index in [1.807, 2.05) is 32.0 Å². The molecule has 0 saturated carbocycles. The molecule has 4 heteroatoms. The van der Waals surface area contributed by atoms with E-state index >= 15 is 0 Å². The molecule has 0 unspecified atom stereocenters. The second-order valence-electron chi connectivity index (χ2n) is 7.17. The zero-order valence-electron chi connectivity index (χ0n) is 14.4. The van der Waals surface area contributed by atoms with Gasteiger partial charge < -0.3 is 10.6 Å². The van der Waals surface area contributed by atoms with Gasteiger partial charge in [-0.05, 0) is 29.9 Å². The van der Waals surface area contributed by atoms with Gasteiger partial charge in [0.15, 0.2) is 0 Å². The molecule has 1 atom stereocenters. The Balaban J connectivity index is 2.76. The minimum atomic E-state index is -0.845. The number of nitrogens with zero attached hydrogens (tertiary/aromatic N) is 1. The molecule has 4 nitrogen and oxygen atoms in total. The Morgan fingerprint density at radius 1 is 1.23 bits per heavy atom. The molecule has 0 bridgehead atoms. The van der Waals surface area contributed by atoms with Gasteiger partial charge in [0.2, 0.25) is 5.91 Å². The highest BCUT2D eigenvalue weighted by molar-refractivity contribution is 5.82. The first kappa shape index (κ1) is 18.0. The molecule has 22 heavy (non-hydrogen) atoms. The van der Waals surface area contributed by atoms with Crippen LogP contribution >= 0.6 is 0 Å². The number of hydrogen-bond donors (Lipinski definition) is 2. The number of benzene rings is 1. The number of hydrogen-bond acceptors (Lipinski definition) is 3. The number of anilines is 1. The van der Waals surface area contributed by atoms with Crippen LogP contribution in [0.5, 0.6) is 0 Å². The Morgan fingerprint density at radius 3 is 2.32 bits per heavy atom. The predicted molar refractivity (Wildman–Crippen MR) is 90.6 cm³/mol. The molecule has 1 aromatic rings. The maximum Gasteiger partial charge on any atom is 0.240 e. The molecule has 0 aliphatic rings. The zero-order chi connectivity index (χ0) is 17.0. The van der Waals surface area contributed by atoms with Crippen molar-refractivity contribution in [3.63, 3.8) is 0 Å². The van der Waals surface area contributed by atoms with E-state index in [0.29, 0.717) is 0 Å². The summed E-state index contributed by atoms with van der Waals surface area (Å²) < 4.78 is 0. The first-order valence-electron chi connectivity index (χ1n) is 7.66. The fraction of sp³-hybridized carbons (Fsp3) is 0.556. The van der Waals surface area contributed by atoms with Crippen molar-refractivity contribution in [2.75, 3.05) is 11.9 Å². The first-order valence-corrected chi connectivity index (χ1v) is 7.66. The number of para-hydroxylation sites is 1. The van der Waals surface area contributed by atoms with Crippen molar-refractivity contribution in [3.05, 3.63) is 29.8 Å². The van der Waals surface area contributed by atoms with Gasteiger partial charge in [0.1, 0.15) is 5.54 Å². The lowest BCUT2D eigenvalue weighted by atomic mass is 9.86. The third-order valence-electron chi connectivity index (χ3n) is 3.96. The van der Waals surface area contributed by atoms with Gasteiger partial charge in [-0.25, -0.2) is 0 Å². The van der Waals surface area contributed by atoms with Crippen molar-refractivity contribution in [1.29, 1.82) is 5.26 Å². The molecular weight excluding hydrogens is 274 g/mol. The lowest BCUT2D eigenvalue weighted by molar-refractivity contribution is -0.121. The summed E-state index contributed by atoms with van der Waals surface area (Å²) in [4.78, 5) is 12.1. The van der Waals surface area contributed by atoms with Crippen molar-refractivity contribution in [2.45, 2.75) is 52.5 Å². The predicted octanol–water partition coefficient (Wildman–Crippen LogP) is 3.45. The maximum atomic E-state index is 12.1. The fourth-order valence-corrected chi connectivity index (χ4v) is 2.10. The number of amides is 1. The Hall–Kier alpha value is -2.02. The summed E-state index contributed by atoms with van der Waals surface area (Å²) in [7, 11) is 0. The summed E-state index contributed by atoms with van der Waals surface area (Å²) in [5, 5.41) is 15.2. The maximum absolute atomic E-state index is 12.1. The summed E-state index contributed by atoms with van der Waals surface area (Å²) in [5.41, 5.74) is 1.27. The Bertz CT molecular complexity index is 566. The van der Waals surface area contributed by atoms with Crippen molar-refractivity contribution in [2.24, 2.45) is 5.92 Å². The van der Waals surface area contributed by atoms with Crippen LogP contribution in [0.25, 0.3) is 0 Å². The van der Waals surface area contributed by atoms with Crippen LogP contribution < -0.4 is 10.6 Å². The quantitative estimate of drug-likeness (QED) is 0.875. The number of carbonyl (C=O) groups is 1. The average Bonchev–Trinajstić information content (AvgIpc) is 2.44. The highest BCUT2D eigenvalue weighted by atomic mass is 16.2. The topological polar surface area (TPSA) is 64.9 Å². The van der Waals surface area contributed by atoms with Gasteiger partial charge in [0.25, 0.3) is 0 Å². The third kappa shape index (κ3) is 4.49. The van der Waals surface area contributed by atoms with Crippen LogP contribution in [0.15, 0.2) is 24.3 Å². The zero-order valence-corrected chi connectivity index (χ0v) is 14.4. The van der Waals surface area contributed by atoms with E-state index in [1.165, 1.54) is 0 Å². The van der Waals surface area contributed by atoms with E-state index in [1.54, 1.807) is 6.92 Å². The van der Waals surface area contributed by atoms with Crippen LogP contribution in [0.3, 0.4) is 0 Å². The molecule has 1 aromatic carbocycles. The van der Waals surface area contributed by atoms with Crippen LogP contribution in [0, 0.1) is 17.2 Å². The molecule has 120 valence electrons. The van der Waals surface area contributed by atoms with Crippen molar-refractivity contribution < 1.29 is 4.79 Å². The molecule has 0 fully saturated rings. The summed E-state index contributed by atoms with van der Waals surface area (Å²) >= 11 is 0. The summed E-state index contributed by atoms with van der Waals surface area (Å²) in [5.74, 6) is -0.134. The van der Waals surface area contributed by atoms with Crippen molar-refractivity contribution >= 4 is 11.6 Å². The smallest absolute Gasteiger partial charge is 0.240 e. The average molecular weight is 301 g/mol. The van der Waals surface area contributed by atoms with E-state index in [0.717, 1.165) is 11.3 Å². The Kier molecular flexibility index (Phi) is 5.59. The van der Waals surface area contributed by atoms with E-state index in [4.69, 9.17) is 0 Å². The van der Waals surface area contributed by atoms with Gasteiger partial charge in [0, 0.05) is 5.69 Å². The second-order valence-corrected chi connectivity index (χ2v) is 7.17. The first-order chi connectivity index (χ1) is 10.1. The lowest BCUT2D eigenvalue weighted by Crippen LogP contribution is -2.50. The second kappa shape index (κ2) is 6.83. The van der Waals surface area contributed by atoms with E-state index in [9.17, 15) is 10.1 Å². The summed E-state index contributed by atoms with van der Waals surface area (Å²) in [6.45, 7) is 12.2. The molecule has 1 amide bonds. The normalized spacial score (nSPS) is 14.1. The Labute approximate surface area is 133 Å². The highest BCUT2D eigenvalue weighted by Gasteiger charge is 2.29. The standard InChI is InChI=1S/C18H27N3O/c1-13(2)18(6,12-19)21-16(22)11-20-15-10-8-7-9-14(15)17(3,4)5/h7-10,13,20H,11H2,1-6H3,(H,21,22)/t18-/m1/s1. The Morgan fingerprint density at radius 2 is 1.82 bits per heavy atom. The van der Waals surface area contributed by atoms with Gasteiger partial charge in [0.05, 0.1) is 12.6 Å². The minimum Gasteiger partial charge on any atom is -0.376 e. The van der Waals surface area contributed by atoms with Crippen molar-refractivity contribution in [1.82, 2.24) is 5.32 Å². The SMILES string of the molecule is CC(C)[C@@](C)(C#N)NC(=O)CNc1ccccc1C(C)(C)C. The lowest BCUT2D eigenvalue weighted by Gasteiger charge is -2.28. The molecule has 0 aliphatic heterocycles. The summed E-state index contributed by atoms with van der Waals surface area (Å²) in [6, 6.07) is 10.2. The highest BCUT2D eigenvalue weighted by Crippen LogP contribution is 2.29. The molecule has 1 rings (SSSR count). The molecule has 0 aliphatic carbocycles. The largest absolute Gasteiger partial charge is 0.376 e. The van der Waals surface area contributed by atoms with E-state index in [2.05, 4.69) is 43.5 Å². The monoisotopic (exact) mass is 301 g/mol. The van der Waals surface area contributed by atoms with Crippen molar-refractivity contribution in [3.8, 4) is 6.07 Å². The summed E-state index contributed by atoms with van der Waals surface area (Å²) in [6.07, 6.45) is 0. The van der Waals surface area contributed by atoms with Crippen LogP contribution in [0.4, 0.5) is 5.69 Å². The van der Waals surface area contributed by atoms with Gasteiger partial charge >= 0.3 is 0 Å². The van der Waals surface area contributed by atoms with Crippen LogP contribution in [0.1, 0.15) is 47.1 Å². The number of nitriles is 1. The fourth-order valence-electron chi connectivity index (χ4n) is 2.10. The number of carbonyl (C=O) groups excluding carboxylic acids is 1. The van der Waals surface area contributed by atoms with Gasteiger partial charge in [-0.2, -0.15) is 5.26 Å². The molecule has 0 aromatic heterocycles. The minimum absolute atomic E-state index is 0.000823. The third-order valence-corrected chi connectivity index (χ3v) is 3.96. The number of rotatable bonds is 5. The van der Waals surface area contributed by atoms with E-state index < -0.39 is 5.54 Å². The van der Waals surface area contributed by atoms with Gasteiger partial charge in [-0.1, -0.05) is 52.8 Å². The van der Waals surface area contributed by atoms with Crippen LogP contribution in [-0.2, 0) is 10.2 Å². The van der Waals surface area contributed by atoms with Crippen LogP contribution in [0.2, 0.25) is 0 Å². The molecule has 0 spiro atoms. The molecule has 0 saturated heterocycles. The number of nitrogens with one attached hydrogen (secondary N) is 2. The van der Waals surface area contributed by atoms with Gasteiger partial charge in [-0.15, -0.1) is 0 Å². The molecule has 0 heterocycles. The molecule has 2 N–H and O–H groups in total.